The maximum Gasteiger partial charge on any atom is 0.141 e. The Bertz CT molecular complexity index is 342. The first-order valence-electron chi connectivity index (χ1n) is 5.03. The highest BCUT2D eigenvalue weighted by Gasteiger charge is 2.01. The lowest BCUT2D eigenvalue weighted by atomic mass is 10.1. The molecule has 0 aromatic carbocycles. The summed E-state index contributed by atoms with van der Waals surface area (Å²) >= 11 is 0. The second kappa shape index (κ2) is 7.06. The van der Waals surface area contributed by atoms with Crippen molar-refractivity contribution in [3.63, 3.8) is 0 Å². The smallest absolute Gasteiger partial charge is 0.141 e. The molecular weight excluding hydrogens is 226 g/mol. The van der Waals surface area contributed by atoms with Crippen LogP contribution < -0.4 is 10.5 Å². The summed E-state index contributed by atoms with van der Waals surface area (Å²) in [4.78, 5) is 3.95. The van der Waals surface area contributed by atoms with Gasteiger partial charge < -0.3 is 10.5 Å². The number of nitrogen functional groups attached to an aromatic ring is 1. The van der Waals surface area contributed by atoms with Gasteiger partial charge >= 0.3 is 0 Å². The summed E-state index contributed by atoms with van der Waals surface area (Å²) in [5.41, 5.74) is 5.78. The Morgan fingerprint density at radius 2 is 2.25 bits per heavy atom. The fourth-order valence-corrected chi connectivity index (χ4v) is 1.06. The second-order valence-electron chi connectivity index (χ2n) is 3.82. The molecular formula is C11H18ClN3O. The minimum Gasteiger partial charge on any atom is -0.493 e. The summed E-state index contributed by atoms with van der Waals surface area (Å²) in [6.07, 6.45) is 2.61. The van der Waals surface area contributed by atoms with Gasteiger partial charge in [-0.3, -0.25) is 10.4 Å². The van der Waals surface area contributed by atoms with Crippen molar-refractivity contribution in [3.05, 3.63) is 24.0 Å². The van der Waals surface area contributed by atoms with Crippen molar-refractivity contribution < 1.29 is 4.74 Å². The highest BCUT2D eigenvalue weighted by Crippen LogP contribution is 2.11. The Balaban J connectivity index is 0.00000225. The number of pyridine rings is 1. The Morgan fingerprint density at radius 1 is 1.56 bits per heavy atom. The molecule has 0 unspecified atom stereocenters. The van der Waals surface area contributed by atoms with Gasteiger partial charge in [0.05, 0.1) is 6.61 Å². The quantitative estimate of drug-likeness (QED) is 0.615. The highest BCUT2D eigenvalue weighted by atomic mass is 35.5. The normalized spacial score (nSPS) is 9.69. The predicted molar refractivity (Wildman–Crippen MR) is 67.5 cm³/mol. The Kier molecular flexibility index (Phi) is 6.49. The van der Waals surface area contributed by atoms with Crippen molar-refractivity contribution >= 4 is 18.2 Å². The third-order valence-electron chi connectivity index (χ3n) is 1.97. The summed E-state index contributed by atoms with van der Waals surface area (Å²) < 4.78 is 5.52. The average molecular weight is 244 g/mol. The van der Waals surface area contributed by atoms with Crippen molar-refractivity contribution in [3.8, 4) is 5.75 Å². The van der Waals surface area contributed by atoms with Gasteiger partial charge in [0.1, 0.15) is 17.3 Å². The van der Waals surface area contributed by atoms with Gasteiger partial charge in [-0.1, -0.05) is 13.8 Å². The number of ether oxygens (including phenoxy) is 1. The molecule has 1 aromatic heterocycles. The number of halogens is 1. The summed E-state index contributed by atoms with van der Waals surface area (Å²) in [6.45, 7) is 4.98. The van der Waals surface area contributed by atoms with Crippen LogP contribution in [0.3, 0.4) is 0 Å². The maximum absolute atomic E-state index is 7.24. The van der Waals surface area contributed by atoms with Crippen molar-refractivity contribution in [1.29, 1.82) is 5.41 Å². The molecule has 16 heavy (non-hydrogen) atoms. The monoisotopic (exact) mass is 243 g/mol. The number of aromatic nitrogens is 1. The summed E-state index contributed by atoms with van der Waals surface area (Å²) in [5, 5.41) is 7.24. The van der Waals surface area contributed by atoms with Crippen LogP contribution in [0.25, 0.3) is 0 Å². The lowest BCUT2D eigenvalue weighted by molar-refractivity contribution is 0.289. The van der Waals surface area contributed by atoms with Gasteiger partial charge in [-0.25, -0.2) is 0 Å². The SMILES string of the molecule is CC(C)CCOc1ccnc(C(=N)N)c1.Cl. The Labute approximate surface area is 102 Å². The molecule has 0 bridgehead atoms. The van der Waals surface area contributed by atoms with Crippen molar-refractivity contribution in [2.45, 2.75) is 20.3 Å². The van der Waals surface area contributed by atoms with Crippen LogP contribution in [0.5, 0.6) is 5.75 Å². The van der Waals surface area contributed by atoms with E-state index in [2.05, 4.69) is 18.8 Å². The minimum atomic E-state index is -0.0377. The number of amidine groups is 1. The van der Waals surface area contributed by atoms with Crippen LogP contribution in [0.2, 0.25) is 0 Å². The van der Waals surface area contributed by atoms with E-state index in [-0.39, 0.29) is 18.2 Å². The molecule has 3 N–H and O–H groups in total. The molecule has 0 aliphatic rings. The summed E-state index contributed by atoms with van der Waals surface area (Å²) in [6, 6.07) is 3.45. The average Bonchev–Trinajstić information content (AvgIpc) is 2.17. The molecule has 0 saturated carbocycles. The molecule has 1 rings (SSSR count). The van der Waals surface area contributed by atoms with Gasteiger partial charge in [0.25, 0.3) is 0 Å². The predicted octanol–water partition coefficient (Wildman–Crippen LogP) is 2.21. The lowest BCUT2D eigenvalue weighted by Gasteiger charge is -2.08. The summed E-state index contributed by atoms with van der Waals surface area (Å²) in [5.74, 6) is 1.30. The molecule has 0 amide bonds. The van der Waals surface area contributed by atoms with E-state index in [9.17, 15) is 0 Å². The third kappa shape index (κ3) is 4.98. The largest absolute Gasteiger partial charge is 0.493 e. The molecule has 4 nitrogen and oxygen atoms in total. The zero-order valence-corrected chi connectivity index (χ0v) is 10.4. The molecule has 0 aliphatic carbocycles. The number of nitrogens with zero attached hydrogens (tertiary/aromatic N) is 1. The van der Waals surface area contributed by atoms with Crippen LogP contribution in [0.15, 0.2) is 18.3 Å². The van der Waals surface area contributed by atoms with Crippen molar-refractivity contribution in [1.82, 2.24) is 4.98 Å². The van der Waals surface area contributed by atoms with Crippen LogP contribution in [0.1, 0.15) is 26.0 Å². The first-order chi connectivity index (χ1) is 7.09. The minimum absolute atomic E-state index is 0. The van der Waals surface area contributed by atoms with Crippen LogP contribution >= 0.6 is 12.4 Å². The molecule has 90 valence electrons. The molecule has 0 atom stereocenters. The molecule has 0 saturated heterocycles. The van der Waals surface area contributed by atoms with Gasteiger partial charge in [0, 0.05) is 12.3 Å². The Hall–Kier alpha value is -1.29. The van der Waals surface area contributed by atoms with Gasteiger partial charge in [-0.2, -0.15) is 0 Å². The van der Waals surface area contributed by atoms with E-state index in [0.717, 1.165) is 12.2 Å². The van der Waals surface area contributed by atoms with Crippen LogP contribution in [-0.2, 0) is 0 Å². The van der Waals surface area contributed by atoms with E-state index in [4.69, 9.17) is 15.9 Å². The standard InChI is InChI=1S/C11H17N3O.ClH/c1-8(2)4-6-15-9-3-5-14-10(7-9)11(12)13;/h3,5,7-8H,4,6H2,1-2H3,(H3,12,13);1H. The van der Waals surface area contributed by atoms with Crippen LogP contribution in [0.4, 0.5) is 0 Å². The maximum atomic E-state index is 7.24. The Morgan fingerprint density at radius 3 is 2.81 bits per heavy atom. The summed E-state index contributed by atoms with van der Waals surface area (Å²) in [7, 11) is 0. The number of nitrogens with two attached hydrogens (primary N) is 1. The third-order valence-corrected chi connectivity index (χ3v) is 1.97. The fraction of sp³-hybridized carbons (Fsp3) is 0.455. The molecule has 0 fully saturated rings. The van der Waals surface area contributed by atoms with E-state index in [1.807, 2.05) is 0 Å². The number of nitrogens with one attached hydrogen (secondary N) is 1. The van der Waals surface area contributed by atoms with E-state index >= 15 is 0 Å². The van der Waals surface area contributed by atoms with Crippen molar-refractivity contribution in [2.24, 2.45) is 11.7 Å². The number of hydrogen-bond acceptors (Lipinski definition) is 3. The molecule has 1 aromatic rings. The van der Waals surface area contributed by atoms with Gasteiger partial charge in [0.2, 0.25) is 0 Å². The van der Waals surface area contributed by atoms with Gasteiger partial charge in [-0.15, -0.1) is 12.4 Å². The van der Waals surface area contributed by atoms with Crippen molar-refractivity contribution in [2.75, 3.05) is 6.61 Å². The zero-order valence-electron chi connectivity index (χ0n) is 9.56. The van der Waals surface area contributed by atoms with Gasteiger partial charge in [-0.05, 0) is 18.4 Å². The molecule has 0 radical (unpaired) electrons. The first-order valence-corrected chi connectivity index (χ1v) is 5.03. The molecule has 1 heterocycles. The number of rotatable bonds is 5. The van der Waals surface area contributed by atoms with Crippen LogP contribution in [-0.4, -0.2) is 17.4 Å². The highest BCUT2D eigenvalue weighted by molar-refractivity contribution is 5.93. The molecule has 5 heteroatoms. The number of hydrogen-bond donors (Lipinski definition) is 2. The van der Waals surface area contributed by atoms with E-state index in [1.165, 1.54) is 0 Å². The zero-order chi connectivity index (χ0) is 11.3. The van der Waals surface area contributed by atoms with Crippen LogP contribution in [0, 0.1) is 11.3 Å². The second-order valence-corrected chi connectivity index (χ2v) is 3.82. The molecule has 0 aliphatic heterocycles. The lowest BCUT2D eigenvalue weighted by Crippen LogP contribution is -2.13. The fourth-order valence-electron chi connectivity index (χ4n) is 1.06. The van der Waals surface area contributed by atoms with E-state index in [0.29, 0.717) is 18.2 Å². The molecule has 0 spiro atoms. The van der Waals surface area contributed by atoms with E-state index < -0.39 is 0 Å². The topological polar surface area (TPSA) is 72.0 Å². The van der Waals surface area contributed by atoms with E-state index in [1.54, 1.807) is 18.3 Å². The first kappa shape index (κ1) is 14.7. The van der Waals surface area contributed by atoms with Gasteiger partial charge in [0.15, 0.2) is 0 Å².